The molecule has 0 saturated heterocycles. The van der Waals surface area contributed by atoms with Crippen molar-refractivity contribution in [1.29, 1.82) is 0 Å². The molecular weight excluding hydrogens is 246 g/mol. The number of fused-ring (bicyclic) bond motifs is 1. The normalized spacial score (nSPS) is 17.2. The number of anilines is 1. The van der Waals surface area contributed by atoms with Gasteiger partial charge in [-0.15, -0.1) is 0 Å². The molecule has 1 heterocycles. The molecule has 0 amide bonds. The van der Waals surface area contributed by atoms with Crippen LogP contribution in [0.25, 0.3) is 4.85 Å². The Balaban J connectivity index is 1.91. The second-order valence-electron chi connectivity index (χ2n) is 4.26. The van der Waals surface area contributed by atoms with Gasteiger partial charge in [0, 0.05) is 0 Å². The van der Waals surface area contributed by atoms with Gasteiger partial charge in [0.2, 0.25) is 0 Å². The van der Waals surface area contributed by atoms with Crippen molar-refractivity contribution < 1.29 is 0 Å². The summed E-state index contributed by atoms with van der Waals surface area (Å²) in [6.45, 7) is 7.03. The topological polar surface area (TPSA) is 49.2 Å². The highest BCUT2D eigenvalue weighted by molar-refractivity contribution is 7.10. The summed E-state index contributed by atoms with van der Waals surface area (Å²) in [5, 5.41) is 3.96. The second-order valence-corrected chi connectivity index (χ2v) is 5.07. The largest absolute Gasteiger partial charge is 0.377 e. The number of hydrogen-bond acceptors (Lipinski definition) is 3. The molecule has 0 saturated carbocycles. The Kier molecular flexibility index (Phi) is 2.65. The monoisotopic (exact) mass is 257 g/mol. The van der Waals surface area contributed by atoms with Crippen LogP contribution in [0.1, 0.15) is 23.6 Å². The summed E-state index contributed by atoms with van der Waals surface area (Å²) in [6.07, 6.45) is 2.05. The summed E-state index contributed by atoms with van der Waals surface area (Å²) in [5.41, 5.74) is 2.49. The van der Waals surface area contributed by atoms with Gasteiger partial charge in [0.1, 0.15) is 5.00 Å². The van der Waals surface area contributed by atoms with E-state index in [2.05, 4.69) is 26.7 Å². The van der Waals surface area contributed by atoms with Crippen LogP contribution in [0.5, 0.6) is 0 Å². The molecule has 0 bridgehead atoms. The summed E-state index contributed by atoms with van der Waals surface area (Å²) in [5.74, 6) is 0. The third-order valence-electron chi connectivity index (χ3n) is 3.23. The van der Waals surface area contributed by atoms with Gasteiger partial charge in [-0.3, -0.25) is 9.17 Å². The van der Waals surface area contributed by atoms with E-state index in [0.717, 1.165) is 12.8 Å². The van der Waals surface area contributed by atoms with Gasteiger partial charge in [-0.25, -0.2) is 4.85 Å². The highest BCUT2D eigenvalue weighted by Crippen LogP contribution is 2.36. The molecule has 4 nitrogen and oxygen atoms in total. The smallest absolute Gasteiger partial charge is 0.284 e. The zero-order chi connectivity index (χ0) is 12.5. The minimum Gasteiger partial charge on any atom is -0.377 e. The van der Waals surface area contributed by atoms with Gasteiger partial charge in [0.15, 0.2) is 0 Å². The van der Waals surface area contributed by atoms with Gasteiger partial charge in [0.05, 0.1) is 12.6 Å². The van der Waals surface area contributed by atoms with Crippen LogP contribution in [0.2, 0.25) is 0 Å². The molecular formula is C13H11N3OS. The lowest BCUT2D eigenvalue weighted by molar-refractivity contribution is 0.765. The number of aryl methyl sites for hydroxylation is 1. The molecule has 1 aliphatic rings. The Labute approximate surface area is 108 Å². The van der Waals surface area contributed by atoms with Gasteiger partial charge in [-0.1, -0.05) is 35.8 Å². The van der Waals surface area contributed by atoms with E-state index in [4.69, 9.17) is 6.57 Å². The van der Waals surface area contributed by atoms with Crippen molar-refractivity contribution in [3.63, 3.8) is 0 Å². The lowest BCUT2D eigenvalue weighted by Gasteiger charge is -2.13. The number of benzene rings is 1. The first-order chi connectivity index (χ1) is 8.79. The van der Waals surface area contributed by atoms with Crippen LogP contribution in [0.15, 0.2) is 29.1 Å². The molecule has 3 rings (SSSR count). The standard InChI is InChI=1S/C13H11N3OS/c1-14-11-12(17)16-18-13(11)15-10-7-6-8-4-2-3-5-9(8)10/h2-5,10,15H,6-7H2,(H,16,17). The Hall–Kier alpha value is -2.06. The molecule has 2 N–H and O–H groups in total. The quantitative estimate of drug-likeness (QED) is 0.812. The minimum atomic E-state index is -0.302. The first-order valence-electron chi connectivity index (χ1n) is 5.73. The number of aromatic amines is 1. The fourth-order valence-electron chi connectivity index (χ4n) is 2.36. The molecule has 1 aromatic heterocycles. The predicted molar refractivity (Wildman–Crippen MR) is 72.3 cm³/mol. The summed E-state index contributed by atoms with van der Waals surface area (Å²) >= 11 is 1.20. The summed E-state index contributed by atoms with van der Waals surface area (Å²) in [7, 11) is 0. The zero-order valence-electron chi connectivity index (χ0n) is 9.56. The molecule has 5 heteroatoms. The molecule has 18 heavy (non-hydrogen) atoms. The van der Waals surface area contributed by atoms with Crippen molar-refractivity contribution in [2.24, 2.45) is 0 Å². The van der Waals surface area contributed by atoms with Crippen LogP contribution < -0.4 is 10.9 Å². The molecule has 1 unspecified atom stereocenters. The van der Waals surface area contributed by atoms with Gasteiger partial charge in [-0.2, -0.15) is 0 Å². The third-order valence-corrected chi connectivity index (χ3v) is 4.03. The fraction of sp³-hybridized carbons (Fsp3) is 0.231. The SMILES string of the molecule is [C-]#[N+]c1c(NC2CCc3ccccc32)s[nH]c1=O. The summed E-state index contributed by atoms with van der Waals surface area (Å²) in [4.78, 5) is 14.7. The number of nitrogens with zero attached hydrogens (tertiary/aromatic N) is 1. The molecule has 0 radical (unpaired) electrons. The number of rotatable bonds is 2. The Morgan fingerprint density at radius 3 is 3.11 bits per heavy atom. The Morgan fingerprint density at radius 1 is 1.44 bits per heavy atom. The lowest BCUT2D eigenvalue weighted by Crippen LogP contribution is -2.06. The van der Waals surface area contributed by atoms with Crippen molar-refractivity contribution in [2.45, 2.75) is 18.9 Å². The molecule has 2 aromatic rings. The average Bonchev–Trinajstić information content (AvgIpc) is 2.95. The summed E-state index contributed by atoms with van der Waals surface area (Å²) < 4.78 is 2.60. The van der Waals surface area contributed by atoms with Gasteiger partial charge in [-0.05, 0) is 24.0 Å². The second kappa shape index (κ2) is 4.31. The van der Waals surface area contributed by atoms with Crippen LogP contribution in [0, 0.1) is 6.57 Å². The van der Waals surface area contributed by atoms with E-state index in [-0.39, 0.29) is 17.3 Å². The van der Waals surface area contributed by atoms with Crippen molar-refractivity contribution in [1.82, 2.24) is 4.37 Å². The van der Waals surface area contributed by atoms with Crippen LogP contribution in [-0.2, 0) is 6.42 Å². The zero-order valence-corrected chi connectivity index (χ0v) is 10.4. The van der Waals surface area contributed by atoms with Crippen molar-refractivity contribution in [3.8, 4) is 0 Å². The van der Waals surface area contributed by atoms with Crippen LogP contribution in [0.4, 0.5) is 10.7 Å². The predicted octanol–water partition coefficient (Wildman–Crippen LogP) is 3.09. The molecule has 0 spiro atoms. The minimum absolute atomic E-state index is 0.171. The fourth-order valence-corrected chi connectivity index (χ4v) is 3.09. The van der Waals surface area contributed by atoms with Gasteiger partial charge < -0.3 is 5.32 Å². The third kappa shape index (κ3) is 1.71. The van der Waals surface area contributed by atoms with Crippen LogP contribution in [-0.4, -0.2) is 4.37 Å². The maximum atomic E-state index is 11.4. The number of H-pyrrole nitrogens is 1. The number of nitrogens with one attached hydrogen (secondary N) is 2. The molecule has 1 atom stereocenters. The van der Waals surface area contributed by atoms with Crippen LogP contribution in [0.3, 0.4) is 0 Å². The number of aromatic nitrogens is 1. The van der Waals surface area contributed by atoms with E-state index >= 15 is 0 Å². The van der Waals surface area contributed by atoms with E-state index in [1.807, 2.05) is 12.1 Å². The maximum Gasteiger partial charge on any atom is 0.284 e. The van der Waals surface area contributed by atoms with E-state index in [9.17, 15) is 4.79 Å². The molecule has 1 aromatic carbocycles. The summed E-state index contributed by atoms with van der Waals surface area (Å²) in [6, 6.07) is 8.50. The van der Waals surface area contributed by atoms with E-state index in [1.165, 1.54) is 22.7 Å². The van der Waals surface area contributed by atoms with Gasteiger partial charge in [0.25, 0.3) is 11.2 Å². The van der Waals surface area contributed by atoms with Crippen molar-refractivity contribution in [2.75, 3.05) is 5.32 Å². The molecule has 0 aliphatic heterocycles. The van der Waals surface area contributed by atoms with Crippen molar-refractivity contribution >= 4 is 22.2 Å². The maximum absolute atomic E-state index is 11.4. The van der Waals surface area contributed by atoms with E-state index < -0.39 is 0 Å². The van der Waals surface area contributed by atoms with Crippen molar-refractivity contribution in [3.05, 3.63) is 57.2 Å². The first kappa shape index (κ1) is 11.1. The van der Waals surface area contributed by atoms with E-state index in [0.29, 0.717) is 5.00 Å². The lowest BCUT2D eigenvalue weighted by atomic mass is 10.1. The highest BCUT2D eigenvalue weighted by Gasteiger charge is 2.23. The molecule has 1 aliphatic carbocycles. The molecule has 90 valence electrons. The van der Waals surface area contributed by atoms with Gasteiger partial charge >= 0.3 is 0 Å². The van der Waals surface area contributed by atoms with E-state index in [1.54, 1.807) is 0 Å². The molecule has 0 fully saturated rings. The highest BCUT2D eigenvalue weighted by atomic mass is 32.1. The van der Waals surface area contributed by atoms with Crippen LogP contribution >= 0.6 is 11.5 Å². The first-order valence-corrected chi connectivity index (χ1v) is 6.54. The Morgan fingerprint density at radius 2 is 2.28 bits per heavy atom. The average molecular weight is 257 g/mol. The number of hydrogen-bond donors (Lipinski definition) is 2. The Bertz CT molecular complexity index is 680.